The molecular weight excluding hydrogens is 196 g/mol. The maximum atomic E-state index is 10.5. The number of allylic oxidation sites excluding steroid dienone is 1. The molecule has 0 radical (unpaired) electrons. The van der Waals surface area contributed by atoms with Gasteiger partial charge in [0.2, 0.25) is 0 Å². The summed E-state index contributed by atoms with van der Waals surface area (Å²) in [6.07, 6.45) is 5.30. The number of hydrogen-bond donors (Lipinski definition) is 2. The van der Waals surface area contributed by atoms with Crippen molar-refractivity contribution in [2.24, 2.45) is 0 Å². The number of aromatic hydroxyl groups is 1. The summed E-state index contributed by atoms with van der Waals surface area (Å²) < 4.78 is 0. The monoisotopic (exact) mass is 208 g/mol. The highest BCUT2D eigenvalue weighted by Gasteiger charge is 1.98. The number of carbonyl (C=O) groups excluding carboxylic acids is 1. The summed E-state index contributed by atoms with van der Waals surface area (Å²) in [6.45, 7) is 0. The molecule has 0 atom stereocenters. The highest BCUT2D eigenvalue weighted by Crippen LogP contribution is 2.19. The summed E-state index contributed by atoms with van der Waals surface area (Å²) in [6, 6.07) is 4.75. The number of phenols is 1. The van der Waals surface area contributed by atoms with E-state index in [1.54, 1.807) is 18.2 Å². The van der Waals surface area contributed by atoms with Gasteiger partial charge in [0.05, 0.1) is 0 Å². The van der Waals surface area contributed by atoms with Gasteiger partial charge in [0.15, 0.2) is 0 Å². The third kappa shape index (κ3) is 2.92. The number of phenolic OH excluding ortho intramolecular Hbond substituents is 1. The molecule has 0 saturated heterocycles. The Morgan fingerprint density at radius 2 is 2.21 bits per heavy atom. The van der Waals surface area contributed by atoms with E-state index in [4.69, 9.17) is 0 Å². The second kappa shape index (κ2) is 5.50. The molecular formula is C11H12O2S. The lowest BCUT2D eigenvalue weighted by Gasteiger charge is -1.99. The molecule has 0 amide bonds. The van der Waals surface area contributed by atoms with Crippen molar-refractivity contribution >= 4 is 25.0 Å². The van der Waals surface area contributed by atoms with Crippen LogP contribution in [0.1, 0.15) is 22.3 Å². The zero-order valence-electron chi connectivity index (χ0n) is 7.68. The van der Waals surface area contributed by atoms with Gasteiger partial charge in [-0.25, -0.2) is 0 Å². The van der Waals surface area contributed by atoms with Crippen LogP contribution >= 0.6 is 12.6 Å². The van der Waals surface area contributed by atoms with E-state index in [1.165, 1.54) is 6.07 Å². The first-order valence-electron chi connectivity index (χ1n) is 4.33. The summed E-state index contributed by atoms with van der Waals surface area (Å²) in [5, 5.41) is 9.44. The van der Waals surface area contributed by atoms with Crippen molar-refractivity contribution in [3.63, 3.8) is 0 Å². The summed E-state index contributed by atoms with van der Waals surface area (Å²) in [5.74, 6) is 0.955. The highest BCUT2D eigenvalue weighted by atomic mass is 32.1. The molecule has 1 aromatic carbocycles. The summed E-state index contributed by atoms with van der Waals surface area (Å²) in [4.78, 5) is 10.5. The lowest BCUT2D eigenvalue weighted by atomic mass is 10.1. The van der Waals surface area contributed by atoms with E-state index in [1.807, 2.05) is 6.08 Å². The van der Waals surface area contributed by atoms with E-state index in [2.05, 4.69) is 12.6 Å². The topological polar surface area (TPSA) is 37.3 Å². The molecule has 14 heavy (non-hydrogen) atoms. The molecule has 0 saturated carbocycles. The fraction of sp³-hybridized carbons (Fsp3) is 0.182. The van der Waals surface area contributed by atoms with E-state index in [0.717, 1.165) is 18.5 Å². The molecule has 74 valence electrons. The molecule has 0 bridgehead atoms. The summed E-state index contributed by atoms with van der Waals surface area (Å²) >= 11 is 4.06. The molecule has 0 spiro atoms. The third-order valence-corrected chi connectivity index (χ3v) is 2.04. The van der Waals surface area contributed by atoms with Crippen LogP contribution in [0.4, 0.5) is 0 Å². The molecule has 0 aliphatic carbocycles. The maximum Gasteiger partial charge on any atom is 0.150 e. The molecule has 1 rings (SSSR count). The van der Waals surface area contributed by atoms with E-state index in [9.17, 15) is 9.90 Å². The van der Waals surface area contributed by atoms with Crippen molar-refractivity contribution < 1.29 is 9.90 Å². The standard InChI is InChI=1S/C11H12O2S/c12-8-9-4-5-11(13)10(7-9)3-1-2-6-14/h1,3-5,7-8,13-14H,2,6H2. The summed E-state index contributed by atoms with van der Waals surface area (Å²) in [5.41, 5.74) is 1.23. The molecule has 0 aliphatic rings. The minimum absolute atomic E-state index is 0.186. The van der Waals surface area contributed by atoms with Crippen LogP contribution in [0.25, 0.3) is 6.08 Å². The molecule has 0 aliphatic heterocycles. The molecule has 0 heterocycles. The number of benzene rings is 1. The zero-order valence-corrected chi connectivity index (χ0v) is 8.58. The van der Waals surface area contributed by atoms with Crippen LogP contribution in [-0.4, -0.2) is 17.1 Å². The van der Waals surface area contributed by atoms with Crippen molar-refractivity contribution in [3.8, 4) is 5.75 Å². The molecule has 0 aromatic heterocycles. The maximum absolute atomic E-state index is 10.5. The SMILES string of the molecule is O=Cc1ccc(O)c(C=CCCS)c1. The van der Waals surface area contributed by atoms with Gasteiger partial charge in [-0.15, -0.1) is 0 Å². The smallest absolute Gasteiger partial charge is 0.150 e. The van der Waals surface area contributed by atoms with Crippen molar-refractivity contribution in [2.45, 2.75) is 6.42 Å². The number of aldehydes is 1. The average Bonchev–Trinajstić information content (AvgIpc) is 2.21. The number of thiol groups is 1. The minimum Gasteiger partial charge on any atom is -0.507 e. The van der Waals surface area contributed by atoms with Crippen LogP contribution in [0.5, 0.6) is 5.75 Å². The first kappa shape index (κ1) is 10.9. The second-order valence-corrected chi connectivity index (χ2v) is 3.30. The van der Waals surface area contributed by atoms with Crippen LogP contribution in [0, 0.1) is 0 Å². The second-order valence-electron chi connectivity index (χ2n) is 2.85. The Kier molecular flexibility index (Phi) is 4.26. The molecule has 2 nitrogen and oxygen atoms in total. The quantitative estimate of drug-likeness (QED) is 0.589. The van der Waals surface area contributed by atoms with Crippen LogP contribution in [0.2, 0.25) is 0 Å². The Bertz CT molecular complexity index is 345. The van der Waals surface area contributed by atoms with Crippen LogP contribution in [0.3, 0.4) is 0 Å². The lowest BCUT2D eigenvalue weighted by Crippen LogP contribution is -1.82. The van der Waals surface area contributed by atoms with E-state index >= 15 is 0 Å². The highest BCUT2D eigenvalue weighted by molar-refractivity contribution is 7.80. The van der Waals surface area contributed by atoms with Gasteiger partial charge < -0.3 is 5.11 Å². The Balaban J connectivity index is 2.89. The fourth-order valence-electron chi connectivity index (χ4n) is 1.06. The van der Waals surface area contributed by atoms with Crippen LogP contribution in [-0.2, 0) is 0 Å². The van der Waals surface area contributed by atoms with Crippen molar-refractivity contribution in [3.05, 3.63) is 35.4 Å². The Hall–Kier alpha value is -1.22. The van der Waals surface area contributed by atoms with Gasteiger partial charge in [-0.1, -0.05) is 12.2 Å². The van der Waals surface area contributed by atoms with Crippen molar-refractivity contribution in [2.75, 3.05) is 5.75 Å². The minimum atomic E-state index is 0.186. The van der Waals surface area contributed by atoms with E-state index < -0.39 is 0 Å². The van der Waals surface area contributed by atoms with Gasteiger partial charge in [0.25, 0.3) is 0 Å². The molecule has 1 N–H and O–H groups in total. The first-order valence-corrected chi connectivity index (χ1v) is 4.96. The van der Waals surface area contributed by atoms with Crippen molar-refractivity contribution in [1.29, 1.82) is 0 Å². The largest absolute Gasteiger partial charge is 0.507 e. The van der Waals surface area contributed by atoms with Gasteiger partial charge in [0, 0.05) is 11.1 Å². The molecule has 0 fully saturated rings. The lowest BCUT2D eigenvalue weighted by molar-refractivity contribution is 0.112. The van der Waals surface area contributed by atoms with Gasteiger partial charge in [-0.2, -0.15) is 12.6 Å². The predicted molar refractivity (Wildman–Crippen MR) is 61.0 cm³/mol. The summed E-state index contributed by atoms with van der Waals surface area (Å²) in [7, 11) is 0. The molecule has 3 heteroatoms. The van der Waals surface area contributed by atoms with Gasteiger partial charge in [-0.3, -0.25) is 4.79 Å². The Labute approximate surface area is 88.7 Å². The number of rotatable bonds is 4. The molecule has 0 unspecified atom stereocenters. The van der Waals surface area contributed by atoms with Crippen LogP contribution < -0.4 is 0 Å². The Morgan fingerprint density at radius 3 is 2.86 bits per heavy atom. The number of carbonyl (C=O) groups is 1. The van der Waals surface area contributed by atoms with Crippen LogP contribution in [0.15, 0.2) is 24.3 Å². The predicted octanol–water partition coefficient (Wildman–Crippen LogP) is 2.54. The van der Waals surface area contributed by atoms with Gasteiger partial charge >= 0.3 is 0 Å². The average molecular weight is 208 g/mol. The number of hydrogen-bond acceptors (Lipinski definition) is 3. The Morgan fingerprint density at radius 1 is 1.43 bits per heavy atom. The third-order valence-electron chi connectivity index (χ3n) is 1.78. The fourth-order valence-corrected chi connectivity index (χ4v) is 1.21. The van der Waals surface area contributed by atoms with Crippen molar-refractivity contribution in [1.82, 2.24) is 0 Å². The normalized spacial score (nSPS) is 10.6. The zero-order chi connectivity index (χ0) is 10.4. The van der Waals surface area contributed by atoms with E-state index in [-0.39, 0.29) is 5.75 Å². The first-order chi connectivity index (χ1) is 6.77. The van der Waals surface area contributed by atoms with Gasteiger partial charge in [0.1, 0.15) is 12.0 Å². The van der Waals surface area contributed by atoms with Gasteiger partial charge in [-0.05, 0) is 30.4 Å². The van der Waals surface area contributed by atoms with E-state index in [0.29, 0.717) is 11.1 Å². The molecule has 1 aromatic rings.